The molecule has 0 spiro atoms. The van der Waals surface area contributed by atoms with Gasteiger partial charge < -0.3 is 20.1 Å². The van der Waals surface area contributed by atoms with Gasteiger partial charge in [0.1, 0.15) is 11.5 Å². The van der Waals surface area contributed by atoms with Crippen LogP contribution in [-0.2, 0) is 16.1 Å². The fourth-order valence-electron chi connectivity index (χ4n) is 6.34. The maximum absolute atomic E-state index is 13.4. The Kier molecular flexibility index (Phi) is 7.23. The average Bonchev–Trinajstić information content (AvgIpc) is 3.56. The second kappa shape index (κ2) is 10.3. The largest absolute Gasteiger partial charge is 0.392 e. The third kappa shape index (κ3) is 5.58. The quantitative estimate of drug-likeness (QED) is 0.443. The number of morpholine rings is 1. The first-order valence-electron chi connectivity index (χ1n) is 14.4. The van der Waals surface area contributed by atoms with Gasteiger partial charge in [0.05, 0.1) is 47.1 Å². The highest BCUT2D eigenvalue weighted by Gasteiger charge is 2.68. The molecule has 6 rings (SSSR count). The molecule has 1 aliphatic carbocycles. The molecule has 9 nitrogen and oxygen atoms in total. The van der Waals surface area contributed by atoms with Crippen molar-refractivity contribution in [2.45, 2.75) is 70.0 Å². The molecule has 1 aromatic carbocycles. The standard InChI is InChI=1S/C30H35ClF3N5O4/c1-27(2)15-35-21(14-43-27)18-4-6-19(7-5-18)39-23(31)12-20-24(39)36-17-38(25(20)40)16-29(42)8-10-37(11-9-29)26(41)28(3)13-22(28)30(32,33)34/h4-7,12,17,21-22,35,42H,8-11,13-16H2,1-3H3/t21?,22-,28-/m0/s1. The topological polar surface area (TPSA) is 102 Å². The number of amides is 1. The number of nitrogens with zero attached hydrogens (tertiary/aromatic N) is 4. The molecule has 0 radical (unpaired) electrons. The Morgan fingerprint density at radius 3 is 2.44 bits per heavy atom. The lowest BCUT2D eigenvalue weighted by molar-refractivity contribution is -0.165. The van der Waals surface area contributed by atoms with Crippen molar-refractivity contribution in [2.75, 3.05) is 26.2 Å². The normalized spacial score (nSPS) is 26.9. The van der Waals surface area contributed by atoms with Gasteiger partial charge in [-0.05, 0) is 56.9 Å². The summed E-state index contributed by atoms with van der Waals surface area (Å²) in [5.41, 5.74) is -1.17. The fraction of sp³-hybridized carbons (Fsp3) is 0.567. The zero-order valence-electron chi connectivity index (χ0n) is 24.2. The number of ether oxygens (including phenoxy) is 1. The van der Waals surface area contributed by atoms with E-state index in [-0.39, 0.29) is 61.5 Å². The van der Waals surface area contributed by atoms with Crippen LogP contribution in [0, 0.1) is 11.3 Å². The summed E-state index contributed by atoms with van der Waals surface area (Å²) in [6.07, 6.45) is -3.00. The molecule has 232 valence electrons. The number of hydrogen-bond donors (Lipinski definition) is 2. The van der Waals surface area contributed by atoms with Crippen LogP contribution in [0.15, 0.2) is 41.5 Å². The monoisotopic (exact) mass is 621 g/mol. The molecule has 3 aromatic rings. The Labute approximate surface area is 251 Å². The van der Waals surface area contributed by atoms with Crippen molar-refractivity contribution in [3.8, 4) is 5.69 Å². The number of alkyl halides is 3. The number of carbonyl (C=O) groups excluding carboxylic acids is 1. The molecule has 3 fully saturated rings. The van der Waals surface area contributed by atoms with E-state index in [4.69, 9.17) is 16.3 Å². The Bertz CT molecular complexity index is 1600. The van der Waals surface area contributed by atoms with Crippen LogP contribution >= 0.6 is 11.6 Å². The molecule has 2 aromatic heterocycles. The summed E-state index contributed by atoms with van der Waals surface area (Å²) in [5, 5.41) is 15.4. The summed E-state index contributed by atoms with van der Waals surface area (Å²) in [4.78, 5) is 32.2. The number of aliphatic hydroxyl groups is 1. The van der Waals surface area contributed by atoms with Crippen LogP contribution in [0.2, 0.25) is 5.15 Å². The molecule has 2 N–H and O–H groups in total. The van der Waals surface area contributed by atoms with E-state index >= 15 is 0 Å². The SMILES string of the molecule is CC1(C)CNC(c2ccc(-n3c(Cl)cc4c(=O)n(CC5(O)CCN(C(=O)[C@@]6(C)C[C@@H]6C(F)(F)F)CC5)cnc43)cc2)CO1. The van der Waals surface area contributed by atoms with Crippen molar-refractivity contribution in [2.24, 2.45) is 11.3 Å². The van der Waals surface area contributed by atoms with Crippen LogP contribution in [0.5, 0.6) is 0 Å². The molecule has 0 bridgehead atoms. The Balaban J connectivity index is 1.15. The smallest absolute Gasteiger partial charge is 0.388 e. The van der Waals surface area contributed by atoms with E-state index in [9.17, 15) is 27.9 Å². The van der Waals surface area contributed by atoms with Gasteiger partial charge in [0.15, 0.2) is 5.65 Å². The van der Waals surface area contributed by atoms with Crippen LogP contribution in [0.25, 0.3) is 16.7 Å². The predicted octanol–water partition coefficient (Wildman–Crippen LogP) is 4.22. The van der Waals surface area contributed by atoms with Gasteiger partial charge in [0.2, 0.25) is 5.91 Å². The lowest BCUT2D eigenvalue weighted by Gasteiger charge is -2.39. The number of nitrogens with one attached hydrogen (secondary N) is 1. The molecule has 3 atom stereocenters. The number of halogens is 4. The van der Waals surface area contributed by atoms with E-state index in [0.29, 0.717) is 17.4 Å². The second-order valence-electron chi connectivity index (χ2n) is 13.0. The lowest BCUT2D eigenvalue weighted by Crippen LogP contribution is -2.51. The number of aromatic nitrogens is 3. The summed E-state index contributed by atoms with van der Waals surface area (Å²) in [6, 6.07) is 9.40. The van der Waals surface area contributed by atoms with Crippen LogP contribution < -0.4 is 10.9 Å². The number of hydrogen-bond acceptors (Lipinski definition) is 6. The minimum atomic E-state index is -4.40. The third-order valence-electron chi connectivity index (χ3n) is 9.28. The number of carbonyl (C=O) groups is 1. The Morgan fingerprint density at radius 2 is 1.86 bits per heavy atom. The van der Waals surface area contributed by atoms with E-state index in [1.165, 1.54) is 22.7 Å². The van der Waals surface area contributed by atoms with E-state index in [0.717, 1.165) is 17.8 Å². The molecule has 3 aliphatic rings. The second-order valence-corrected chi connectivity index (χ2v) is 13.4. The van der Waals surface area contributed by atoms with E-state index < -0.39 is 29.0 Å². The van der Waals surface area contributed by atoms with Crippen LogP contribution in [0.1, 0.15) is 51.6 Å². The zero-order valence-corrected chi connectivity index (χ0v) is 25.0. The van der Waals surface area contributed by atoms with Crippen molar-refractivity contribution >= 4 is 28.5 Å². The lowest BCUT2D eigenvalue weighted by atomic mass is 9.90. The molecule has 4 heterocycles. The summed E-state index contributed by atoms with van der Waals surface area (Å²) in [6.45, 7) is 6.87. The van der Waals surface area contributed by atoms with E-state index in [2.05, 4.69) is 10.3 Å². The van der Waals surface area contributed by atoms with Gasteiger partial charge in [-0.1, -0.05) is 30.7 Å². The summed E-state index contributed by atoms with van der Waals surface area (Å²) in [7, 11) is 0. The van der Waals surface area contributed by atoms with Crippen LogP contribution in [-0.4, -0.2) is 73.7 Å². The van der Waals surface area contributed by atoms with Gasteiger partial charge in [-0.3, -0.25) is 18.7 Å². The van der Waals surface area contributed by atoms with Crippen molar-refractivity contribution in [1.29, 1.82) is 0 Å². The average molecular weight is 622 g/mol. The molecule has 1 unspecified atom stereocenters. The summed E-state index contributed by atoms with van der Waals surface area (Å²) < 4.78 is 48.4. The van der Waals surface area contributed by atoms with Crippen molar-refractivity contribution in [1.82, 2.24) is 24.3 Å². The fourth-order valence-corrected chi connectivity index (χ4v) is 6.63. The first kappa shape index (κ1) is 30.1. The predicted molar refractivity (Wildman–Crippen MR) is 154 cm³/mol. The number of fused-ring (bicyclic) bond motifs is 1. The summed E-state index contributed by atoms with van der Waals surface area (Å²) in [5.74, 6) is -2.16. The van der Waals surface area contributed by atoms with Gasteiger partial charge >= 0.3 is 6.18 Å². The maximum atomic E-state index is 13.4. The van der Waals surface area contributed by atoms with Crippen LogP contribution in [0.4, 0.5) is 13.2 Å². The number of rotatable bonds is 5. The highest BCUT2D eigenvalue weighted by Crippen LogP contribution is 2.61. The molecule has 1 amide bonds. The van der Waals surface area contributed by atoms with Gasteiger partial charge in [0, 0.05) is 25.3 Å². The molecule has 43 heavy (non-hydrogen) atoms. The molecule has 2 saturated heterocycles. The van der Waals surface area contributed by atoms with Gasteiger partial charge in [0.25, 0.3) is 5.56 Å². The molecule has 2 aliphatic heterocycles. The molecular weight excluding hydrogens is 587 g/mol. The highest BCUT2D eigenvalue weighted by atomic mass is 35.5. The number of piperidine rings is 1. The first-order chi connectivity index (χ1) is 20.1. The third-order valence-corrected chi connectivity index (χ3v) is 9.55. The van der Waals surface area contributed by atoms with Gasteiger partial charge in [-0.2, -0.15) is 13.2 Å². The van der Waals surface area contributed by atoms with Gasteiger partial charge in [-0.25, -0.2) is 4.98 Å². The van der Waals surface area contributed by atoms with Gasteiger partial charge in [-0.15, -0.1) is 0 Å². The maximum Gasteiger partial charge on any atom is 0.392 e. The number of benzene rings is 1. The molecule has 13 heteroatoms. The zero-order chi connectivity index (χ0) is 30.9. The molecular formula is C30H35ClF3N5O4. The van der Waals surface area contributed by atoms with Crippen molar-refractivity contribution < 1.29 is 27.8 Å². The first-order valence-corrected chi connectivity index (χ1v) is 14.8. The van der Waals surface area contributed by atoms with Crippen molar-refractivity contribution in [3.63, 3.8) is 0 Å². The number of likely N-dealkylation sites (tertiary alicyclic amines) is 1. The summed E-state index contributed by atoms with van der Waals surface area (Å²) >= 11 is 6.58. The minimum Gasteiger partial charge on any atom is -0.388 e. The van der Waals surface area contributed by atoms with Crippen LogP contribution in [0.3, 0.4) is 0 Å². The van der Waals surface area contributed by atoms with E-state index in [1.807, 2.05) is 38.1 Å². The van der Waals surface area contributed by atoms with Crippen molar-refractivity contribution in [3.05, 3.63) is 57.7 Å². The molecule has 1 saturated carbocycles. The Morgan fingerprint density at radius 1 is 1.19 bits per heavy atom. The minimum absolute atomic E-state index is 0.0636. The Hall–Kier alpha value is -2.93. The highest BCUT2D eigenvalue weighted by molar-refractivity contribution is 6.31. The van der Waals surface area contributed by atoms with E-state index in [1.54, 1.807) is 10.6 Å².